The molecule has 1 fully saturated rings. The number of hydrogen-bond donors (Lipinski definition) is 1. The minimum Gasteiger partial charge on any atom is -0.497 e. The van der Waals surface area contributed by atoms with Gasteiger partial charge in [-0.3, -0.25) is 4.79 Å². The molecule has 2 atom stereocenters. The van der Waals surface area contributed by atoms with Gasteiger partial charge < -0.3 is 24.2 Å². The van der Waals surface area contributed by atoms with Crippen LogP contribution in [-0.4, -0.2) is 55.6 Å². The molecular weight excluding hydrogens is 382 g/mol. The van der Waals surface area contributed by atoms with E-state index in [4.69, 9.17) is 19.3 Å². The Bertz CT molecular complexity index is 679. The van der Waals surface area contributed by atoms with Crippen LogP contribution in [-0.2, 0) is 14.3 Å². The summed E-state index contributed by atoms with van der Waals surface area (Å²) in [6.07, 6.45) is 9.30. The number of benzene rings is 1. The third-order valence-electron chi connectivity index (χ3n) is 5.81. The van der Waals surface area contributed by atoms with Crippen molar-refractivity contribution in [2.24, 2.45) is 0 Å². The van der Waals surface area contributed by atoms with Crippen molar-refractivity contribution in [1.29, 1.82) is 0 Å². The highest BCUT2D eigenvalue weighted by Crippen LogP contribution is 2.33. The SMILES string of the molecule is COc1ccc([C@H]2C=C(C(=O)N3CCCCCCC3)O[C@@H](OCCCCO)C2)cc1. The predicted octanol–water partition coefficient (Wildman–Crippen LogP) is 3.99. The first kappa shape index (κ1) is 22.6. The van der Waals surface area contributed by atoms with E-state index in [1.165, 1.54) is 19.3 Å². The van der Waals surface area contributed by atoms with E-state index in [2.05, 4.69) is 0 Å². The maximum absolute atomic E-state index is 13.2. The van der Waals surface area contributed by atoms with E-state index in [1.807, 2.05) is 35.2 Å². The Kier molecular flexibility index (Phi) is 9.02. The van der Waals surface area contributed by atoms with Gasteiger partial charge in [0.05, 0.1) is 13.7 Å². The Labute approximate surface area is 179 Å². The molecule has 2 aliphatic heterocycles. The molecule has 6 nitrogen and oxygen atoms in total. The smallest absolute Gasteiger partial charge is 0.288 e. The number of nitrogens with zero attached hydrogens (tertiary/aromatic N) is 1. The summed E-state index contributed by atoms with van der Waals surface area (Å²) in [6.45, 7) is 2.23. The van der Waals surface area contributed by atoms with Gasteiger partial charge in [0.25, 0.3) is 5.91 Å². The number of ether oxygens (including phenoxy) is 3. The van der Waals surface area contributed by atoms with Crippen LogP contribution in [0, 0.1) is 0 Å². The Hall–Kier alpha value is -2.05. The fourth-order valence-electron chi connectivity index (χ4n) is 4.03. The summed E-state index contributed by atoms with van der Waals surface area (Å²) in [5, 5.41) is 8.98. The molecule has 0 unspecified atom stereocenters. The van der Waals surface area contributed by atoms with E-state index < -0.39 is 6.29 Å². The van der Waals surface area contributed by atoms with E-state index in [0.717, 1.165) is 43.7 Å². The molecule has 3 rings (SSSR count). The summed E-state index contributed by atoms with van der Waals surface area (Å²) in [6, 6.07) is 7.95. The molecule has 30 heavy (non-hydrogen) atoms. The third-order valence-corrected chi connectivity index (χ3v) is 5.81. The number of allylic oxidation sites excluding steroid dienone is 1. The van der Waals surface area contributed by atoms with E-state index in [1.54, 1.807) is 7.11 Å². The van der Waals surface area contributed by atoms with Crippen LogP contribution in [0.1, 0.15) is 62.8 Å². The third kappa shape index (κ3) is 6.47. The number of carbonyl (C=O) groups excluding carboxylic acids is 1. The van der Waals surface area contributed by atoms with E-state index in [0.29, 0.717) is 25.2 Å². The zero-order valence-corrected chi connectivity index (χ0v) is 18.1. The van der Waals surface area contributed by atoms with Crippen molar-refractivity contribution in [2.75, 3.05) is 33.4 Å². The molecule has 2 heterocycles. The molecule has 1 aromatic rings. The molecule has 0 aliphatic carbocycles. The average molecular weight is 418 g/mol. The number of aliphatic hydroxyl groups is 1. The van der Waals surface area contributed by atoms with Gasteiger partial charge in [0, 0.05) is 32.0 Å². The lowest BCUT2D eigenvalue weighted by Crippen LogP contribution is -2.38. The second kappa shape index (κ2) is 12.0. The molecule has 1 N–H and O–H groups in total. The molecule has 1 saturated heterocycles. The summed E-state index contributed by atoms with van der Waals surface area (Å²) in [5.74, 6) is 1.22. The maximum atomic E-state index is 13.2. The Morgan fingerprint density at radius 2 is 1.80 bits per heavy atom. The minimum atomic E-state index is -0.463. The molecule has 2 aliphatic rings. The van der Waals surface area contributed by atoms with E-state index in [9.17, 15) is 4.79 Å². The summed E-state index contributed by atoms with van der Waals surface area (Å²) < 4.78 is 17.2. The summed E-state index contributed by atoms with van der Waals surface area (Å²) >= 11 is 0. The summed E-state index contributed by atoms with van der Waals surface area (Å²) in [5.41, 5.74) is 1.11. The fraction of sp³-hybridized carbons (Fsp3) is 0.625. The van der Waals surface area contributed by atoms with Crippen molar-refractivity contribution >= 4 is 5.91 Å². The van der Waals surface area contributed by atoms with Gasteiger partial charge in [-0.1, -0.05) is 31.4 Å². The number of amides is 1. The lowest BCUT2D eigenvalue weighted by molar-refractivity contribution is -0.153. The van der Waals surface area contributed by atoms with Crippen LogP contribution in [0.4, 0.5) is 0 Å². The second-order valence-electron chi connectivity index (χ2n) is 8.06. The largest absolute Gasteiger partial charge is 0.497 e. The van der Waals surface area contributed by atoms with Gasteiger partial charge in [0.15, 0.2) is 5.76 Å². The monoisotopic (exact) mass is 417 g/mol. The topological polar surface area (TPSA) is 68.2 Å². The van der Waals surface area contributed by atoms with Crippen LogP contribution in [0.25, 0.3) is 0 Å². The van der Waals surface area contributed by atoms with Crippen LogP contribution in [0.5, 0.6) is 5.75 Å². The van der Waals surface area contributed by atoms with E-state index in [-0.39, 0.29) is 18.4 Å². The number of unbranched alkanes of at least 4 members (excludes halogenated alkanes) is 1. The average Bonchev–Trinajstić information content (AvgIpc) is 2.76. The van der Waals surface area contributed by atoms with Crippen molar-refractivity contribution in [3.8, 4) is 5.75 Å². The van der Waals surface area contributed by atoms with Crippen molar-refractivity contribution in [1.82, 2.24) is 4.90 Å². The van der Waals surface area contributed by atoms with Crippen LogP contribution in [0.3, 0.4) is 0 Å². The molecule has 0 radical (unpaired) electrons. The van der Waals surface area contributed by atoms with Crippen LogP contribution >= 0.6 is 0 Å². The van der Waals surface area contributed by atoms with Crippen molar-refractivity contribution in [3.63, 3.8) is 0 Å². The standard InChI is InChI=1S/C24H35NO5/c1-28-21-11-9-19(10-12-21)20-17-22(30-23(18-20)29-16-8-7-15-26)24(27)25-13-5-3-2-4-6-14-25/h9-12,17,20,23,26H,2-8,13-16,18H2,1H3/t20-,23+/m0/s1. The van der Waals surface area contributed by atoms with Crippen molar-refractivity contribution in [2.45, 2.75) is 63.6 Å². The minimum absolute atomic E-state index is 0.0286. The first-order chi connectivity index (χ1) is 14.7. The van der Waals surface area contributed by atoms with Gasteiger partial charge in [0.1, 0.15) is 5.75 Å². The Morgan fingerprint density at radius 3 is 2.47 bits per heavy atom. The number of aliphatic hydroxyl groups excluding tert-OH is 1. The number of carbonyl (C=O) groups is 1. The quantitative estimate of drug-likeness (QED) is 0.648. The molecule has 6 heteroatoms. The molecule has 0 spiro atoms. The first-order valence-electron chi connectivity index (χ1n) is 11.3. The molecular formula is C24H35NO5. The lowest BCUT2D eigenvalue weighted by Gasteiger charge is -2.32. The van der Waals surface area contributed by atoms with Crippen molar-refractivity contribution < 1.29 is 24.1 Å². The van der Waals surface area contributed by atoms with Gasteiger partial charge in [-0.05, 0) is 49.5 Å². The lowest BCUT2D eigenvalue weighted by atomic mass is 9.92. The normalized spacial score (nSPS) is 22.5. The molecule has 1 aromatic carbocycles. The van der Waals surface area contributed by atoms with E-state index >= 15 is 0 Å². The predicted molar refractivity (Wildman–Crippen MR) is 115 cm³/mol. The van der Waals surface area contributed by atoms with Gasteiger partial charge in [-0.25, -0.2) is 0 Å². The van der Waals surface area contributed by atoms with Gasteiger partial charge in [-0.15, -0.1) is 0 Å². The summed E-state index contributed by atoms with van der Waals surface area (Å²) in [7, 11) is 1.65. The van der Waals surface area contributed by atoms with Gasteiger partial charge in [0.2, 0.25) is 6.29 Å². The van der Waals surface area contributed by atoms with Crippen molar-refractivity contribution in [3.05, 3.63) is 41.7 Å². The highest BCUT2D eigenvalue weighted by molar-refractivity contribution is 5.91. The first-order valence-corrected chi connectivity index (χ1v) is 11.3. The summed E-state index contributed by atoms with van der Waals surface area (Å²) in [4.78, 5) is 15.2. The molecule has 0 aromatic heterocycles. The van der Waals surface area contributed by atoms with Crippen LogP contribution in [0.2, 0.25) is 0 Å². The Balaban J connectivity index is 1.74. The van der Waals surface area contributed by atoms with Crippen LogP contribution < -0.4 is 4.74 Å². The highest BCUT2D eigenvalue weighted by Gasteiger charge is 2.31. The number of methoxy groups -OCH3 is 1. The second-order valence-corrected chi connectivity index (χ2v) is 8.06. The van der Waals surface area contributed by atoms with Gasteiger partial charge in [-0.2, -0.15) is 0 Å². The Morgan fingerprint density at radius 1 is 1.10 bits per heavy atom. The molecule has 0 bridgehead atoms. The number of rotatable bonds is 8. The zero-order valence-electron chi connectivity index (χ0n) is 18.1. The van der Waals surface area contributed by atoms with Crippen LogP contribution in [0.15, 0.2) is 36.1 Å². The zero-order chi connectivity index (χ0) is 21.2. The maximum Gasteiger partial charge on any atom is 0.288 e. The number of hydrogen-bond acceptors (Lipinski definition) is 5. The molecule has 0 saturated carbocycles. The molecule has 166 valence electrons. The molecule has 1 amide bonds. The number of likely N-dealkylation sites (tertiary alicyclic amines) is 1. The highest BCUT2D eigenvalue weighted by atomic mass is 16.7. The van der Waals surface area contributed by atoms with Gasteiger partial charge >= 0.3 is 0 Å². The fourth-order valence-corrected chi connectivity index (χ4v) is 4.03.